The average Bonchev–Trinajstić information content (AvgIpc) is 3.68. The van der Waals surface area contributed by atoms with E-state index in [-0.39, 0.29) is 12.3 Å². The van der Waals surface area contributed by atoms with E-state index in [2.05, 4.69) is 15.4 Å². The number of carbonyl (C=O) groups excluding carboxylic acids is 3. The van der Waals surface area contributed by atoms with E-state index in [9.17, 15) is 32.7 Å². The molecule has 0 bridgehead atoms. The largest absolute Gasteiger partial charge is 0.465 e. The van der Waals surface area contributed by atoms with Gasteiger partial charge in [-0.1, -0.05) is 25.0 Å². The Morgan fingerprint density at radius 1 is 1.09 bits per heavy atom. The highest BCUT2D eigenvalue weighted by Gasteiger charge is 2.61. The van der Waals surface area contributed by atoms with Crippen molar-refractivity contribution in [3.63, 3.8) is 0 Å². The molecule has 2 saturated carbocycles. The van der Waals surface area contributed by atoms with Crippen molar-refractivity contribution in [3.8, 4) is 0 Å². The number of sulfonamides is 1. The van der Waals surface area contributed by atoms with E-state index in [0.29, 0.717) is 45.1 Å². The maximum atomic E-state index is 13.3. The fraction of sp³-hybridized carbons (Fsp3) is 0.727. The van der Waals surface area contributed by atoms with Gasteiger partial charge in [0.25, 0.3) is 5.91 Å². The molecule has 4 aliphatic rings. The fourth-order valence-electron chi connectivity index (χ4n) is 4.92. The fourth-order valence-corrected chi connectivity index (χ4v) is 6.29. The van der Waals surface area contributed by atoms with Crippen LogP contribution in [0, 0.1) is 5.92 Å². The number of allylic oxidation sites excluding steroid dienone is 1. The number of fused-ring (bicyclic) bond motifs is 2. The van der Waals surface area contributed by atoms with E-state index in [0.717, 1.165) is 19.3 Å². The zero-order valence-electron chi connectivity index (χ0n) is 19.0. The van der Waals surface area contributed by atoms with Crippen LogP contribution in [0.3, 0.4) is 0 Å². The number of nitrogens with zero attached hydrogens (tertiary/aromatic N) is 1. The summed E-state index contributed by atoms with van der Waals surface area (Å²) >= 11 is 0. The van der Waals surface area contributed by atoms with Crippen LogP contribution in [-0.4, -0.2) is 71.7 Å². The van der Waals surface area contributed by atoms with Gasteiger partial charge in [0, 0.05) is 12.5 Å². The lowest BCUT2D eigenvalue weighted by atomic mass is 10.1. The lowest BCUT2D eigenvalue weighted by molar-refractivity contribution is -0.141. The molecule has 4 rings (SSSR count). The van der Waals surface area contributed by atoms with Gasteiger partial charge in [0.15, 0.2) is 0 Å². The summed E-state index contributed by atoms with van der Waals surface area (Å²) in [7, 11) is -3.78. The third-order valence-corrected chi connectivity index (χ3v) is 8.95. The van der Waals surface area contributed by atoms with Crippen molar-refractivity contribution in [2.45, 2.75) is 87.1 Å². The molecule has 11 nitrogen and oxygen atoms in total. The predicted octanol–water partition coefficient (Wildman–Crippen LogP) is 0.617. The number of amides is 4. The number of hydrogen-bond donors (Lipinski definition) is 4. The molecular formula is C22H32N4O7S. The molecule has 12 heteroatoms. The van der Waals surface area contributed by atoms with Gasteiger partial charge in [-0.05, 0) is 51.4 Å². The van der Waals surface area contributed by atoms with Crippen LogP contribution in [0.1, 0.15) is 64.2 Å². The van der Waals surface area contributed by atoms with Crippen LogP contribution in [0.15, 0.2) is 12.2 Å². The quantitative estimate of drug-likeness (QED) is 0.415. The zero-order chi connectivity index (χ0) is 24.5. The summed E-state index contributed by atoms with van der Waals surface area (Å²) in [5.41, 5.74) is -1.37. The molecule has 0 radical (unpaired) electrons. The van der Waals surface area contributed by atoms with Crippen LogP contribution < -0.4 is 15.4 Å². The molecule has 2 aliphatic carbocycles. The predicted molar refractivity (Wildman–Crippen MR) is 121 cm³/mol. The van der Waals surface area contributed by atoms with Crippen LogP contribution in [0.5, 0.6) is 0 Å². The third-order valence-electron chi connectivity index (χ3n) is 7.13. The molecule has 2 aliphatic heterocycles. The van der Waals surface area contributed by atoms with Crippen LogP contribution >= 0.6 is 0 Å². The Labute approximate surface area is 198 Å². The van der Waals surface area contributed by atoms with Gasteiger partial charge in [0.2, 0.25) is 21.8 Å². The van der Waals surface area contributed by atoms with E-state index in [1.807, 2.05) is 12.2 Å². The molecule has 34 heavy (non-hydrogen) atoms. The van der Waals surface area contributed by atoms with E-state index in [4.69, 9.17) is 0 Å². The second-order valence-electron chi connectivity index (χ2n) is 9.70. The van der Waals surface area contributed by atoms with Gasteiger partial charge in [-0.25, -0.2) is 13.2 Å². The second kappa shape index (κ2) is 9.55. The van der Waals surface area contributed by atoms with Crippen LogP contribution in [0.2, 0.25) is 0 Å². The number of nitrogens with one attached hydrogen (secondary N) is 3. The first-order valence-electron chi connectivity index (χ1n) is 12.0. The van der Waals surface area contributed by atoms with Gasteiger partial charge in [0.1, 0.15) is 17.6 Å². The molecule has 2 heterocycles. The first kappa shape index (κ1) is 24.5. The summed E-state index contributed by atoms with van der Waals surface area (Å²) in [6.07, 6.45) is 8.09. The van der Waals surface area contributed by atoms with Crippen molar-refractivity contribution in [2.75, 3.05) is 6.54 Å². The van der Waals surface area contributed by atoms with Gasteiger partial charge in [-0.2, -0.15) is 0 Å². The number of carboxylic acid groups (broad SMARTS) is 1. The molecule has 0 spiro atoms. The molecule has 4 N–H and O–H groups in total. The maximum Gasteiger partial charge on any atom is 0.405 e. The van der Waals surface area contributed by atoms with Gasteiger partial charge in [-0.3, -0.25) is 19.1 Å². The smallest absolute Gasteiger partial charge is 0.405 e. The monoisotopic (exact) mass is 496 g/mol. The highest BCUT2D eigenvalue weighted by atomic mass is 32.2. The normalized spacial score (nSPS) is 33.4. The van der Waals surface area contributed by atoms with Crippen molar-refractivity contribution >= 4 is 33.8 Å². The van der Waals surface area contributed by atoms with Gasteiger partial charge in [0.05, 0.1) is 5.25 Å². The standard InChI is InChI=1S/C22H32N4O7S/c27-18-17-9-6-12-26(17)19(28)16(23-21(30)31)8-5-3-1-2-4-7-14-13-22(14,24-18)20(29)25-34(32,33)15-10-11-15/h4,7,14-17,23H,1-3,5-6,8-13H2,(H,24,27)(H,25,29)(H,30,31)/b7-4-/t14-,16+,17+,22-/m1/s1. The van der Waals surface area contributed by atoms with Crippen LogP contribution in [0.4, 0.5) is 4.79 Å². The lowest BCUT2D eigenvalue weighted by Crippen LogP contribution is -2.58. The van der Waals surface area contributed by atoms with Gasteiger partial charge < -0.3 is 20.6 Å². The second-order valence-corrected chi connectivity index (χ2v) is 11.7. The molecule has 0 aromatic carbocycles. The minimum atomic E-state index is -3.78. The molecule has 1 saturated heterocycles. The molecule has 0 aromatic rings. The van der Waals surface area contributed by atoms with Crippen LogP contribution in [0.25, 0.3) is 0 Å². The topological polar surface area (TPSA) is 162 Å². The first-order valence-corrected chi connectivity index (χ1v) is 13.5. The van der Waals surface area contributed by atoms with E-state index in [1.165, 1.54) is 4.90 Å². The Balaban J connectivity index is 1.56. The van der Waals surface area contributed by atoms with E-state index < -0.39 is 56.7 Å². The summed E-state index contributed by atoms with van der Waals surface area (Å²) in [6, 6.07) is -1.79. The van der Waals surface area contributed by atoms with Crippen molar-refractivity contribution < 1.29 is 32.7 Å². The molecule has 0 aromatic heterocycles. The zero-order valence-corrected chi connectivity index (χ0v) is 19.8. The number of carbonyl (C=O) groups is 4. The number of hydrogen-bond acceptors (Lipinski definition) is 6. The molecule has 0 unspecified atom stereocenters. The Hall–Kier alpha value is -2.63. The summed E-state index contributed by atoms with van der Waals surface area (Å²) in [4.78, 5) is 52.2. The SMILES string of the molecule is O=C(O)N[C@H]1CCCCC/C=C\[C@@H]2C[C@@]2(C(=O)NS(=O)(=O)C2CC2)NC(=O)[C@@H]2CCCN2C1=O. The van der Waals surface area contributed by atoms with Crippen molar-refractivity contribution in [1.82, 2.24) is 20.3 Å². The Morgan fingerprint density at radius 3 is 2.56 bits per heavy atom. The first-order chi connectivity index (χ1) is 16.1. The summed E-state index contributed by atoms with van der Waals surface area (Å²) in [5.74, 6) is -2.05. The van der Waals surface area contributed by atoms with Crippen molar-refractivity contribution in [3.05, 3.63) is 12.2 Å². The summed E-state index contributed by atoms with van der Waals surface area (Å²) in [6.45, 7) is 0.313. The Kier molecular flexibility index (Phi) is 6.88. The molecule has 188 valence electrons. The molecular weight excluding hydrogens is 464 g/mol. The molecule has 4 atom stereocenters. The van der Waals surface area contributed by atoms with E-state index >= 15 is 0 Å². The van der Waals surface area contributed by atoms with Crippen molar-refractivity contribution in [1.29, 1.82) is 0 Å². The number of rotatable bonds is 4. The minimum Gasteiger partial charge on any atom is -0.465 e. The van der Waals surface area contributed by atoms with Gasteiger partial charge >= 0.3 is 6.09 Å². The highest BCUT2D eigenvalue weighted by molar-refractivity contribution is 7.91. The lowest BCUT2D eigenvalue weighted by Gasteiger charge is -2.29. The summed E-state index contributed by atoms with van der Waals surface area (Å²) in [5, 5.41) is 13.7. The van der Waals surface area contributed by atoms with E-state index in [1.54, 1.807) is 0 Å². The van der Waals surface area contributed by atoms with Crippen molar-refractivity contribution in [2.24, 2.45) is 5.92 Å². The Bertz CT molecular complexity index is 993. The van der Waals surface area contributed by atoms with Crippen LogP contribution in [-0.2, 0) is 24.4 Å². The highest BCUT2D eigenvalue weighted by Crippen LogP contribution is 2.46. The molecule has 3 fully saturated rings. The van der Waals surface area contributed by atoms with Gasteiger partial charge in [-0.15, -0.1) is 0 Å². The maximum absolute atomic E-state index is 13.3. The average molecular weight is 497 g/mol. The third kappa shape index (κ3) is 5.21. The minimum absolute atomic E-state index is 0.283. The Morgan fingerprint density at radius 2 is 1.85 bits per heavy atom. The molecule has 4 amide bonds. The summed E-state index contributed by atoms with van der Waals surface area (Å²) < 4.78 is 26.9.